The molecule has 134 valence electrons. The van der Waals surface area contributed by atoms with E-state index in [-0.39, 0.29) is 17.9 Å². The minimum absolute atomic E-state index is 0.00240. The summed E-state index contributed by atoms with van der Waals surface area (Å²) in [4.78, 5) is 17.3. The third-order valence-electron chi connectivity index (χ3n) is 4.06. The molecule has 0 aliphatic heterocycles. The molecule has 0 saturated carbocycles. The van der Waals surface area contributed by atoms with Gasteiger partial charge >= 0.3 is 0 Å². The summed E-state index contributed by atoms with van der Waals surface area (Å²) in [7, 11) is 1.49. The summed E-state index contributed by atoms with van der Waals surface area (Å²) in [5, 5.41) is 19.4. The monoisotopic (exact) mass is 352 g/mol. The lowest BCUT2D eigenvalue weighted by Crippen LogP contribution is -2.24. The number of phenolic OH excluding ortho intramolecular Hbond substituents is 1. The quantitative estimate of drug-likeness (QED) is 0.712. The smallest absolute Gasteiger partial charge is 0.261 e. The van der Waals surface area contributed by atoms with E-state index in [0.29, 0.717) is 35.4 Å². The second-order valence-corrected chi connectivity index (χ2v) is 5.79. The topological polar surface area (TPSA) is 84.6 Å². The molecule has 0 fully saturated rings. The Hall–Kier alpha value is -3.12. The largest absolute Gasteiger partial charge is 0.504 e. The zero-order valence-corrected chi connectivity index (χ0v) is 14.4. The van der Waals surface area contributed by atoms with Crippen LogP contribution in [0.5, 0.6) is 11.5 Å². The van der Waals surface area contributed by atoms with Crippen molar-refractivity contribution in [2.75, 3.05) is 13.7 Å². The van der Waals surface area contributed by atoms with Gasteiger partial charge in [-0.15, -0.1) is 0 Å². The SMILES string of the molecule is COc1cc(/C=C/c2nc3ccccc3c(=O)n2CCCO)ccc1O. The second kappa shape index (κ2) is 7.84. The van der Waals surface area contributed by atoms with E-state index in [1.54, 1.807) is 53.1 Å². The van der Waals surface area contributed by atoms with Gasteiger partial charge in [0, 0.05) is 13.2 Å². The second-order valence-electron chi connectivity index (χ2n) is 5.79. The zero-order valence-electron chi connectivity index (χ0n) is 14.4. The van der Waals surface area contributed by atoms with Gasteiger partial charge in [-0.05, 0) is 42.3 Å². The molecule has 0 radical (unpaired) electrons. The van der Waals surface area contributed by atoms with Gasteiger partial charge in [0.1, 0.15) is 5.82 Å². The molecule has 6 heteroatoms. The van der Waals surface area contributed by atoms with Gasteiger partial charge in [-0.25, -0.2) is 4.98 Å². The van der Waals surface area contributed by atoms with E-state index in [1.165, 1.54) is 7.11 Å². The van der Waals surface area contributed by atoms with Gasteiger partial charge in [0.05, 0.1) is 18.0 Å². The average Bonchev–Trinajstić information content (AvgIpc) is 2.67. The molecule has 0 aliphatic carbocycles. The first-order valence-corrected chi connectivity index (χ1v) is 8.29. The maximum Gasteiger partial charge on any atom is 0.261 e. The summed E-state index contributed by atoms with van der Waals surface area (Å²) >= 11 is 0. The van der Waals surface area contributed by atoms with Crippen LogP contribution in [0.25, 0.3) is 23.1 Å². The number of nitrogens with zero attached hydrogens (tertiary/aromatic N) is 2. The van der Waals surface area contributed by atoms with E-state index in [1.807, 2.05) is 6.07 Å². The molecule has 0 saturated heterocycles. The van der Waals surface area contributed by atoms with Crippen LogP contribution in [0.3, 0.4) is 0 Å². The van der Waals surface area contributed by atoms with Gasteiger partial charge in [0.25, 0.3) is 5.56 Å². The first-order chi connectivity index (χ1) is 12.6. The molecule has 3 aromatic rings. The first-order valence-electron chi connectivity index (χ1n) is 8.29. The molecule has 0 unspecified atom stereocenters. The zero-order chi connectivity index (χ0) is 18.5. The predicted molar refractivity (Wildman–Crippen MR) is 101 cm³/mol. The van der Waals surface area contributed by atoms with Crippen molar-refractivity contribution in [2.45, 2.75) is 13.0 Å². The van der Waals surface area contributed by atoms with Crippen LogP contribution in [0.1, 0.15) is 17.8 Å². The fraction of sp³-hybridized carbons (Fsp3) is 0.200. The minimum Gasteiger partial charge on any atom is -0.504 e. The highest BCUT2D eigenvalue weighted by molar-refractivity contribution is 5.79. The van der Waals surface area contributed by atoms with E-state index < -0.39 is 0 Å². The molecule has 1 aromatic heterocycles. The Bertz CT molecular complexity index is 1010. The Morgan fingerprint density at radius 3 is 2.77 bits per heavy atom. The molecule has 0 bridgehead atoms. The van der Waals surface area contributed by atoms with Crippen molar-refractivity contribution in [3.8, 4) is 11.5 Å². The summed E-state index contributed by atoms with van der Waals surface area (Å²) in [6, 6.07) is 12.2. The molecule has 26 heavy (non-hydrogen) atoms. The first kappa shape index (κ1) is 17.7. The van der Waals surface area contributed by atoms with Gasteiger partial charge in [0.2, 0.25) is 0 Å². The van der Waals surface area contributed by atoms with Crippen LogP contribution in [0.4, 0.5) is 0 Å². The maximum absolute atomic E-state index is 12.8. The Morgan fingerprint density at radius 1 is 1.19 bits per heavy atom. The van der Waals surface area contributed by atoms with Crippen molar-refractivity contribution < 1.29 is 14.9 Å². The number of hydrogen-bond donors (Lipinski definition) is 2. The highest BCUT2D eigenvalue weighted by Gasteiger charge is 2.09. The van der Waals surface area contributed by atoms with Crippen molar-refractivity contribution >= 4 is 23.1 Å². The Labute approximate surface area is 150 Å². The van der Waals surface area contributed by atoms with Crippen molar-refractivity contribution in [2.24, 2.45) is 0 Å². The van der Waals surface area contributed by atoms with Crippen LogP contribution in [0, 0.1) is 0 Å². The van der Waals surface area contributed by atoms with Crippen LogP contribution >= 0.6 is 0 Å². The molecule has 2 N–H and O–H groups in total. The number of aliphatic hydroxyl groups is 1. The van der Waals surface area contributed by atoms with Gasteiger partial charge < -0.3 is 14.9 Å². The molecule has 3 rings (SSSR count). The van der Waals surface area contributed by atoms with Crippen molar-refractivity contribution in [1.82, 2.24) is 9.55 Å². The number of aliphatic hydroxyl groups excluding tert-OH is 1. The third-order valence-corrected chi connectivity index (χ3v) is 4.06. The molecule has 1 heterocycles. The molecule has 0 aliphatic rings. The van der Waals surface area contributed by atoms with Crippen molar-refractivity contribution in [3.05, 3.63) is 64.2 Å². The fourth-order valence-corrected chi connectivity index (χ4v) is 2.73. The Morgan fingerprint density at radius 2 is 2.00 bits per heavy atom. The van der Waals surface area contributed by atoms with Gasteiger partial charge in [-0.3, -0.25) is 9.36 Å². The lowest BCUT2D eigenvalue weighted by Gasteiger charge is -2.10. The number of fused-ring (bicyclic) bond motifs is 1. The molecule has 2 aromatic carbocycles. The fourth-order valence-electron chi connectivity index (χ4n) is 2.73. The summed E-state index contributed by atoms with van der Waals surface area (Å²) < 4.78 is 6.67. The van der Waals surface area contributed by atoms with Crippen molar-refractivity contribution in [1.29, 1.82) is 0 Å². The average molecular weight is 352 g/mol. The maximum atomic E-state index is 12.8. The third kappa shape index (κ3) is 3.60. The van der Waals surface area contributed by atoms with Gasteiger partial charge in [0.15, 0.2) is 11.5 Å². The van der Waals surface area contributed by atoms with Crippen LogP contribution < -0.4 is 10.3 Å². The van der Waals surface area contributed by atoms with Crippen LogP contribution in [-0.4, -0.2) is 33.5 Å². The number of para-hydroxylation sites is 1. The summed E-state index contributed by atoms with van der Waals surface area (Å²) in [5.41, 5.74) is 1.29. The summed E-state index contributed by atoms with van der Waals surface area (Å²) in [5.74, 6) is 0.943. The number of benzene rings is 2. The normalized spacial score (nSPS) is 11.3. The predicted octanol–water partition coefficient (Wildman–Crippen LogP) is 2.66. The van der Waals surface area contributed by atoms with Crippen molar-refractivity contribution in [3.63, 3.8) is 0 Å². The van der Waals surface area contributed by atoms with Crippen LogP contribution in [0.2, 0.25) is 0 Å². The van der Waals surface area contributed by atoms with E-state index >= 15 is 0 Å². The highest BCUT2D eigenvalue weighted by atomic mass is 16.5. The molecule has 0 spiro atoms. The molecular weight excluding hydrogens is 332 g/mol. The number of ether oxygens (including phenoxy) is 1. The highest BCUT2D eigenvalue weighted by Crippen LogP contribution is 2.27. The lowest BCUT2D eigenvalue weighted by atomic mass is 10.2. The molecular formula is C20H20N2O4. The number of rotatable bonds is 6. The van der Waals surface area contributed by atoms with Crippen LogP contribution in [0.15, 0.2) is 47.3 Å². The standard InChI is InChI=1S/C20H20N2O4/c1-26-18-13-14(7-9-17(18)24)8-10-19-21-16-6-3-2-5-15(16)20(25)22(19)11-4-12-23/h2-3,5-10,13,23-24H,4,11-12H2,1H3/b10-8+. The number of phenols is 1. The van der Waals surface area contributed by atoms with Gasteiger partial charge in [-0.2, -0.15) is 0 Å². The van der Waals surface area contributed by atoms with E-state index in [2.05, 4.69) is 4.98 Å². The Kier molecular flexibility index (Phi) is 5.34. The van der Waals surface area contributed by atoms with Gasteiger partial charge in [-0.1, -0.05) is 24.3 Å². The Balaban J connectivity index is 2.06. The number of hydrogen-bond acceptors (Lipinski definition) is 5. The lowest BCUT2D eigenvalue weighted by molar-refractivity contribution is 0.278. The molecule has 0 amide bonds. The van der Waals surface area contributed by atoms with Crippen LogP contribution in [-0.2, 0) is 6.54 Å². The van der Waals surface area contributed by atoms with E-state index in [0.717, 1.165) is 5.56 Å². The number of aromatic hydroxyl groups is 1. The molecule has 6 nitrogen and oxygen atoms in total. The summed E-state index contributed by atoms with van der Waals surface area (Å²) in [6.45, 7) is 0.378. The molecule has 0 atom stereocenters. The number of aromatic nitrogens is 2. The number of methoxy groups -OCH3 is 1. The van der Waals surface area contributed by atoms with E-state index in [4.69, 9.17) is 9.84 Å². The minimum atomic E-state index is -0.132. The summed E-state index contributed by atoms with van der Waals surface area (Å²) in [6.07, 6.45) is 4.01. The van der Waals surface area contributed by atoms with E-state index in [9.17, 15) is 9.90 Å².